The second kappa shape index (κ2) is 32.7. The Bertz CT molecular complexity index is 4960. The molecule has 6 aromatic carbocycles. The number of aliphatic hydroxyl groups is 7. The third kappa shape index (κ3) is 16.3. The number of fused-ring (bicyclic) bond motifs is 12. The van der Waals surface area contributed by atoms with Crippen molar-refractivity contribution < 1.29 is 111 Å². The highest BCUT2D eigenvalue weighted by Crippen LogP contribution is 2.56. The molecule has 5 aliphatic carbocycles. The number of nitrogens with two attached hydrogens (primary N) is 2. The number of benzene rings is 6. The molecule has 37 heteroatoms. The lowest BCUT2D eigenvalue weighted by atomic mass is 9.54. The molecule has 11 aliphatic rings. The highest BCUT2D eigenvalue weighted by molar-refractivity contribution is 7.90. The second-order valence-corrected chi connectivity index (χ2v) is 33.3. The molecule has 115 heavy (non-hydrogen) atoms. The summed E-state index contributed by atoms with van der Waals surface area (Å²) >= 11 is 14.3. The van der Waals surface area contributed by atoms with E-state index < -0.39 is 205 Å². The third-order valence-electron chi connectivity index (χ3n) is 22.5. The largest absolute Gasteiger partial charge is 0.508 e. The van der Waals surface area contributed by atoms with E-state index >= 15 is 28.8 Å². The molecule has 6 heterocycles. The van der Waals surface area contributed by atoms with E-state index in [0.717, 1.165) is 80.6 Å². The van der Waals surface area contributed by atoms with Crippen molar-refractivity contribution in [3.05, 3.63) is 152 Å². The minimum Gasteiger partial charge on any atom is -0.508 e. The van der Waals surface area contributed by atoms with E-state index in [0.29, 0.717) is 11.8 Å². The van der Waals surface area contributed by atoms with Crippen LogP contribution in [-0.4, -0.2) is 184 Å². The van der Waals surface area contributed by atoms with Crippen LogP contribution in [0.3, 0.4) is 0 Å². The molecule has 0 radical (unpaired) electrons. The molecule has 6 aliphatic heterocycles. The Balaban J connectivity index is 0.958. The van der Waals surface area contributed by atoms with Gasteiger partial charge in [-0.25, -0.2) is 13.1 Å². The molecule has 8 amide bonds. The zero-order valence-electron chi connectivity index (χ0n) is 62.0. The second-order valence-electron chi connectivity index (χ2n) is 30.8. The van der Waals surface area contributed by atoms with Gasteiger partial charge in [-0.05, 0) is 193 Å². The first-order chi connectivity index (χ1) is 54.7. The fourth-order valence-corrected chi connectivity index (χ4v) is 18.5. The summed E-state index contributed by atoms with van der Waals surface area (Å²) in [6.45, 7) is 3.30. The van der Waals surface area contributed by atoms with Crippen molar-refractivity contribution in [2.24, 2.45) is 41.1 Å². The average Bonchev–Trinajstić information content (AvgIpc) is 1.56. The van der Waals surface area contributed by atoms with E-state index in [4.69, 9.17) is 58.4 Å². The van der Waals surface area contributed by atoms with Crippen molar-refractivity contribution >= 4 is 80.5 Å². The zero-order chi connectivity index (χ0) is 82.1. The lowest BCUT2D eigenvalue weighted by Gasteiger charge is -2.54. The number of phenols is 1. The highest BCUT2D eigenvalue weighted by Gasteiger charge is 2.52. The van der Waals surface area contributed by atoms with Gasteiger partial charge in [0.05, 0.1) is 27.4 Å². The Morgan fingerprint density at radius 1 is 0.652 bits per heavy atom. The summed E-state index contributed by atoms with van der Waals surface area (Å²) in [4.78, 5) is 123. The first-order valence-electron chi connectivity index (χ1n) is 37.5. The van der Waals surface area contributed by atoms with E-state index in [-0.39, 0.29) is 105 Å². The van der Waals surface area contributed by atoms with E-state index in [9.17, 15) is 58.9 Å². The standard InChI is InChI=1S/C78H87Cl2N11O23S/c1-31(2)16-49(83-3)70(99)89-62-64(94)35-5-12-51(47(79)23-35)111-53-25-39-26-54(69(53)114-77-68(98)67(97)66(96)55(30-82)113-77)112-52-13-6-36(24-48(52)80)65(95)63-76(105)88-61(74(103)85-58-37-18-32-17-33(20-37)21-38(58)19-32)44-27-40(92)28-46-57(44)43-22-34(4-11-45(43)78(46,106)107)59(72(101)90-63)87-73(102)60(39)86-71(100)50(84-75(62)104)29-56(93)91-115(108,109)42-9-7-41(8-10-42)110-15-14-81/h4-13,22-28,31-33,37-38,49-50,55,58-68,77,83,92,94-98,106-107H,14-21,29-30,81-82H2,1-3H3,(H,84,104)(H,85,103)(H,86,100)(H,87,102)(H,88,105)(H,89,99)(H,90,101)(H,91,93)/t32?,33?,37?,38?,49-,50+,55-,58?,59-,60-,61+,62-,63+,64-,65-,66-,67+,68-,77+/m1/s1. The van der Waals surface area contributed by atoms with Crippen molar-refractivity contribution in [1.29, 1.82) is 0 Å². The van der Waals surface area contributed by atoms with Gasteiger partial charge in [0.2, 0.25) is 65.1 Å². The van der Waals surface area contributed by atoms with Crippen molar-refractivity contribution in [2.75, 3.05) is 26.7 Å². The normalized spacial score (nSPS) is 28.8. The van der Waals surface area contributed by atoms with E-state index in [1.807, 2.05) is 4.72 Å². The lowest BCUT2D eigenvalue weighted by molar-refractivity contribution is -0.270. The van der Waals surface area contributed by atoms with E-state index in [2.05, 4.69) is 42.5 Å². The van der Waals surface area contributed by atoms with Gasteiger partial charge in [0, 0.05) is 30.3 Å². The number of carbonyl (C=O) groups is 8. The number of hydrogen-bond donors (Lipinski definition) is 19. The summed E-state index contributed by atoms with van der Waals surface area (Å²) in [5, 5.41) is 116. The molecule has 612 valence electrons. The maximum atomic E-state index is 16.5. The number of nitrogens with one attached hydrogen (secondary N) is 9. The predicted octanol–water partition coefficient (Wildman–Crippen LogP) is 1.14. The van der Waals surface area contributed by atoms with Gasteiger partial charge >= 0.3 is 0 Å². The van der Waals surface area contributed by atoms with Crippen LogP contribution >= 0.6 is 23.2 Å². The van der Waals surface area contributed by atoms with Crippen LogP contribution in [0.4, 0.5) is 0 Å². The number of phenolic OH excluding ortho intramolecular Hbond substituents is 1. The lowest BCUT2D eigenvalue weighted by Crippen LogP contribution is -2.60. The topological polar surface area (TPSA) is 539 Å². The number of hydrogen-bond acceptors (Lipinski definition) is 26. The van der Waals surface area contributed by atoms with Crippen LogP contribution in [-0.2, 0) is 58.9 Å². The van der Waals surface area contributed by atoms with Crippen LogP contribution in [0.25, 0.3) is 11.1 Å². The van der Waals surface area contributed by atoms with E-state index in [1.165, 1.54) is 61.6 Å². The van der Waals surface area contributed by atoms with Gasteiger partial charge in [-0.2, -0.15) is 0 Å². The molecular formula is C78H87Cl2N11O23S. The van der Waals surface area contributed by atoms with Crippen LogP contribution in [0.15, 0.2) is 108 Å². The Morgan fingerprint density at radius 2 is 1.26 bits per heavy atom. The molecule has 34 nitrogen and oxygen atoms in total. The fraction of sp³-hybridized carbons (Fsp3) is 0.436. The molecule has 6 aromatic rings. The molecule has 0 aromatic heterocycles. The number of sulfonamides is 1. The molecule has 17 rings (SSSR count). The van der Waals surface area contributed by atoms with Crippen molar-refractivity contribution in [3.8, 4) is 51.4 Å². The maximum Gasteiger partial charge on any atom is 0.264 e. The minimum atomic E-state index is -4.90. The first-order valence-corrected chi connectivity index (χ1v) is 39.7. The number of rotatable bonds is 17. The number of halogens is 2. The van der Waals surface area contributed by atoms with Gasteiger partial charge in [-0.1, -0.05) is 61.3 Å². The van der Waals surface area contributed by atoms with Gasteiger partial charge in [-0.15, -0.1) is 0 Å². The smallest absolute Gasteiger partial charge is 0.264 e. The molecule has 5 fully saturated rings. The van der Waals surface area contributed by atoms with Gasteiger partial charge < -0.3 is 119 Å². The van der Waals surface area contributed by atoms with Crippen LogP contribution in [0.2, 0.25) is 10.0 Å². The summed E-state index contributed by atoms with van der Waals surface area (Å²) in [6.07, 6.45) is -10.5. The highest BCUT2D eigenvalue weighted by atomic mass is 35.5. The molecule has 14 atom stereocenters. The summed E-state index contributed by atoms with van der Waals surface area (Å²) in [5.74, 6) is -15.3. The van der Waals surface area contributed by atoms with Crippen LogP contribution in [0, 0.1) is 29.6 Å². The molecule has 4 saturated carbocycles. The van der Waals surface area contributed by atoms with Crippen molar-refractivity contribution in [1.82, 2.24) is 47.3 Å². The monoisotopic (exact) mass is 1650 g/mol. The Hall–Kier alpha value is -9.83. The maximum absolute atomic E-state index is 16.5. The summed E-state index contributed by atoms with van der Waals surface area (Å²) in [7, 11) is -3.44. The SMILES string of the molecule is CN[C@H](CC(C)C)C(=O)N[C@H]1C(=O)N[C@@H](CC(=O)NS(=O)(=O)c2ccc(OCCN)cc2)C(=O)N[C@H]2C(=O)N[C@H]3C(=O)N[C@H](C(=O)N[C@H](C(=O)NC4C5CC6CC(C5)CC4C6)c4cc(O)cc5c4-c4cc3ccc4C5(O)O)[C@H](O)c3ccc(c(Cl)c3)Oc3cc2cc(c3O[C@@H]2O[C@H](CN)[C@@H](O)[C@H](O)[C@H]2O)Oc2ccc(cc2Cl)[C@H]1O. The number of ether oxygens (including phenoxy) is 5. The van der Waals surface area contributed by atoms with E-state index in [1.54, 1.807) is 13.8 Å². The summed E-state index contributed by atoms with van der Waals surface area (Å²) in [6, 6.07) is 4.90. The molecule has 21 N–H and O–H groups in total. The van der Waals surface area contributed by atoms with Crippen molar-refractivity contribution in [3.63, 3.8) is 0 Å². The summed E-state index contributed by atoms with van der Waals surface area (Å²) in [5.41, 5.74) is 9.30. The fourth-order valence-electron chi connectivity index (χ4n) is 17.1. The van der Waals surface area contributed by atoms with Gasteiger partial charge in [0.25, 0.3) is 10.0 Å². The quantitative estimate of drug-likeness (QED) is 0.0569. The number of likely N-dealkylation sites (N-methyl/N-ethyl adjacent to an activating group) is 1. The number of aliphatic hydroxyl groups excluding tert-OH is 5. The summed E-state index contributed by atoms with van der Waals surface area (Å²) < 4.78 is 61.2. The molecule has 15 bridgehead atoms. The first kappa shape index (κ1) is 81.7. The Kier molecular flexibility index (Phi) is 23.2. The molecule has 1 saturated heterocycles. The number of amides is 8. The third-order valence-corrected chi connectivity index (χ3v) is 24.5. The predicted molar refractivity (Wildman–Crippen MR) is 405 cm³/mol. The van der Waals surface area contributed by atoms with Crippen LogP contribution in [0.1, 0.15) is 128 Å². The van der Waals surface area contributed by atoms with Gasteiger partial charge in [0.15, 0.2) is 11.5 Å². The number of carbonyl (C=O) groups excluding carboxylic acids is 8. The average molecular weight is 1650 g/mol. The van der Waals surface area contributed by atoms with Gasteiger partial charge in [0.1, 0.15) is 102 Å². The van der Waals surface area contributed by atoms with Gasteiger partial charge in [-0.3, -0.25) is 38.4 Å². The molecular weight excluding hydrogens is 1560 g/mol. The van der Waals surface area contributed by atoms with Crippen LogP contribution < -0.4 is 77.7 Å². The van der Waals surface area contributed by atoms with Crippen molar-refractivity contribution in [2.45, 2.75) is 161 Å². The zero-order valence-corrected chi connectivity index (χ0v) is 64.3. The molecule has 0 spiro atoms. The Labute approximate surface area is 667 Å². The van der Waals surface area contributed by atoms with Crippen LogP contribution in [0.5, 0.6) is 40.2 Å². The Morgan fingerprint density at radius 3 is 1.87 bits per heavy atom. The molecule has 0 unspecified atom stereocenters. The minimum absolute atomic E-state index is 0.0551. The number of aromatic hydroxyl groups is 1.